The number of hydrogen-bond donors (Lipinski definition) is 0. The molecule has 27 heavy (non-hydrogen) atoms. The third-order valence-corrected chi connectivity index (χ3v) is 7.37. The molecule has 0 bridgehead atoms. The number of ether oxygens (including phenoxy) is 1. The minimum absolute atomic E-state index is 0.0626. The smallest absolute Gasteiger partial charge is 0.310 e. The predicted octanol–water partition coefficient (Wildman–Crippen LogP) is 3.07. The van der Waals surface area contributed by atoms with Crippen LogP contribution in [0.3, 0.4) is 0 Å². The van der Waals surface area contributed by atoms with Crippen molar-refractivity contribution in [2.45, 2.75) is 44.1 Å². The molecule has 144 valence electrons. The average molecular weight is 406 g/mol. The number of thioether (sulfide) groups is 1. The number of aryl methyl sites for hydroxylation is 2. The van der Waals surface area contributed by atoms with Gasteiger partial charge in [0, 0.05) is 23.4 Å². The molecule has 1 amide bonds. The van der Waals surface area contributed by atoms with Crippen LogP contribution in [0.25, 0.3) is 10.2 Å². The molecule has 1 saturated heterocycles. The lowest BCUT2D eigenvalue weighted by Crippen LogP contribution is -2.43. The van der Waals surface area contributed by atoms with Gasteiger partial charge in [-0.05, 0) is 44.6 Å². The zero-order chi connectivity index (χ0) is 18.8. The maximum absolute atomic E-state index is 12.7. The van der Waals surface area contributed by atoms with Crippen LogP contribution in [0.15, 0.2) is 11.4 Å². The maximum atomic E-state index is 12.7. The number of amides is 1. The van der Waals surface area contributed by atoms with Gasteiger partial charge in [-0.2, -0.15) is 0 Å². The van der Waals surface area contributed by atoms with Crippen molar-refractivity contribution in [2.75, 3.05) is 25.4 Å². The van der Waals surface area contributed by atoms with Crippen LogP contribution >= 0.6 is 23.1 Å². The molecular formula is C19H23N3O3S2. The quantitative estimate of drug-likeness (QED) is 0.432. The summed E-state index contributed by atoms with van der Waals surface area (Å²) in [6.07, 6.45) is 6.63. The summed E-state index contributed by atoms with van der Waals surface area (Å²) in [6, 6.07) is 0. The molecule has 0 spiro atoms. The molecule has 1 aliphatic heterocycles. The number of carbonyl (C=O) groups excluding carboxylic acids is 2. The molecule has 3 heterocycles. The normalized spacial score (nSPS) is 19.3. The first kappa shape index (κ1) is 18.7. The van der Waals surface area contributed by atoms with Crippen molar-refractivity contribution in [3.05, 3.63) is 16.8 Å². The zero-order valence-corrected chi connectivity index (χ0v) is 17.0. The zero-order valence-electron chi connectivity index (χ0n) is 15.4. The minimum Gasteiger partial charge on any atom is -0.466 e. The molecule has 4 rings (SSSR count). The van der Waals surface area contributed by atoms with Crippen LogP contribution in [0.2, 0.25) is 0 Å². The van der Waals surface area contributed by atoms with Crippen molar-refractivity contribution in [2.24, 2.45) is 5.92 Å². The first-order valence-electron chi connectivity index (χ1n) is 9.49. The number of esters is 1. The second-order valence-electron chi connectivity index (χ2n) is 6.94. The largest absolute Gasteiger partial charge is 0.466 e. The van der Waals surface area contributed by atoms with E-state index in [2.05, 4.69) is 9.97 Å². The van der Waals surface area contributed by atoms with Gasteiger partial charge in [0.25, 0.3) is 0 Å². The third-order valence-electron chi connectivity index (χ3n) is 5.19. The lowest BCUT2D eigenvalue weighted by atomic mass is 9.98. The van der Waals surface area contributed by atoms with E-state index in [4.69, 9.17) is 4.74 Å². The van der Waals surface area contributed by atoms with Crippen molar-refractivity contribution < 1.29 is 14.3 Å². The van der Waals surface area contributed by atoms with E-state index in [0.717, 1.165) is 40.9 Å². The highest BCUT2D eigenvalue weighted by atomic mass is 32.2. The highest BCUT2D eigenvalue weighted by Crippen LogP contribution is 2.40. The fourth-order valence-electron chi connectivity index (χ4n) is 3.89. The Bertz CT molecular complexity index is 867. The van der Waals surface area contributed by atoms with Gasteiger partial charge in [0.05, 0.1) is 18.3 Å². The summed E-state index contributed by atoms with van der Waals surface area (Å²) in [5.41, 5.74) is 1.38. The van der Waals surface area contributed by atoms with E-state index >= 15 is 0 Å². The maximum Gasteiger partial charge on any atom is 0.310 e. The Morgan fingerprint density at radius 3 is 3.07 bits per heavy atom. The molecule has 2 aromatic heterocycles. The second kappa shape index (κ2) is 8.14. The summed E-state index contributed by atoms with van der Waals surface area (Å²) >= 11 is 3.25. The number of fused-ring (bicyclic) bond motifs is 3. The molecule has 1 aliphatic carbocycles. The Labute approximate surface area is 166 Å². The van der Waals surface area contributed by atoms with Crippen molar-refractivity contribution in [1.82, 2.24) is 14.9 Å². The number of hydrogen-bond acceptors (Lipinski definition) is 7. The van der Waals surface area contributed by atoms with Crippen LogP contribution in [0.1, 0.15) is 36.6 Å². The molecule has 8 heteroatoms. The molecule has 1 atom stereocenters. The predicted molar refractivity (Wildman–Crippen MR) is 106 cm³/mol. The second-order valence-corrected chi connectivity index (χ2v) is 8.98. The van der Waals surface area contributed by atoms with Crippen LogP contribution in [0.5, 0.6) is 0 Å². The molecule has 1 fully saturated rings. The highest BCUT2D eigenvalue weighted by Gasteiger charge is 2.29. The SMILES string of the molecule is CCOC(=O)[C@H]1CCCN(C(=O)CSc2ncnc3sc4c(c23)CCC4)C1. The van der Waals surface area contributed by atoms with Gasteiger partial charge < -0.3 is 9.64 Å². The van der Waals surface area contributed by atoms with Gasteiger partial charge in [-0.25, -0.2) is 9.97 Å². The Morgan fingerprint density at radius 2 is 2.22 bits per heavy atom. The molecule has 0 radical (unpaired) electrons. The van der Waals surface area contributed by atoms with E-state index in [0.29, 0.717) is 25.4 Å². The first-order valence-corrected chi connectivity index (χ1v) is 11.3. The lowest BCUT2D eigenvalue weighted by molar-refractivity contribution is -0.151. The lowest BCUT2D eigenvalue weighted by Gasteiger charge is -2.31. The Kier molecular flexibility index (Phi) is 5.63. The molecule has 0 saturated carbocycles. The summed E-state index contributed by atoms with van der Waals surface area (Å²) in [4.78, 5) is 37.8. The Hall–Kier alpha value is -1.67. The molecule has 2 aliphatic rings. The highest BCUT2D eigenvalue weighted by molar-refractivity contribution is 8.00. The van der Waals surface area contributed by atoms with E-state index in [1.807, 2.05) is 6.92 Å². The summed E-state index contributed by atoms with van der Waals surface area (Å²) in [7, 11) is 0. The summed E-state index contributed by atoms with van der Waals surface area (Å²) in [5, 5.41) is 2.06. The van der Waals surface area contributed by atoms with Crippen LogP contribution in [-0.2, 0) is 27.2 Å². The van der Waals surface area contributed by atoms with Gasteiger partial charge in [0.1, 0.15) is 16.2 Å². The van der Waals surface area contributed by atoms with E-state index < -0.39 is 0 Å². The molecule has 0 aromatic carbocycles. The molecular weight excluding hydrogens is 382 g/mol. The monoisotopic (exact) mass is 405 g/mol. The van der Waals surface area contributed by atoms with Crippen molar-refractivity contribution in [3.8, 4) is 0 Å². The number of thiophene rings is 1. The van der Waals surface area contributed by atoms with Crippen LogP contribution in [0.4, 0.5) is 0 Å². The third kappa shape index (κ3) is 3.82. The fraction of sp³-hybridized carbons (Fsp3) is 0.579. The van der Waals surface area contributed by atoms with Crippen LogP contribution < -0.4 is 0 Å². The molecule has 0 N–H and O–H groups in total. The number of aromatic nitrogens is 2. The van der Waals surface area contributed by atoms with Gasteiger partial charge in [-0.1, -0.05) is 11.8 Å². The van der Waals surface area contributed by atoms with Gasteiger partial charge in [-0.3, -0.25) is 9.59 Å². The number of piperidine rings is 1. The standard InChI is InChI=1S/C19H23N3O3S2/c1-2-25-19(24)12-5-4-8-22(9-12)15(23)10-26-17-16-13-6-3-7-14(13)27-18(16)21-11-20-17/h11-12H,2-10H2,1H3/t12-/m0/s1. The molecule has 6 nitrogen and oxygen atoms in total. The van der Waals surface area contributed by atoms with E-state index in [-0.39, 0.29) is 17.8 Å². The topological polar surface area (TPSA) is 72.4 Å². The molecule has 2 aromatic rings. The minimum atomic E-state index is -0.196. The van der Waals surface area contributed by atoms with E-state index in [9.17, 15) is 9.59 Å². The average Bonchev–Trinajstić information content (AvgIpc) is 3.27. The molecule has 0 unspecified atom stereocenters. The van der Waals surface area contributed by atoms with Crippen LogP contribution in [-0.4, -0.2) is 52.2 Å². The summed E-state index contributed by atoms with van der Waals surface area (Å²) < 4.78 is 5.12. The van der Waals surface area contributed by atoms with Gasteiger partial charge >= 0.3 is 5.97 Å². The fourth-order valence-corrected chi connectivity index (χ4v) is 6.11. The van der Waals surface area contributed by atoms with E-state index in [1.54, 1.807) is 22.6 Å². The number of likely N-dealkylation sites (tertiary alicyclic amines) is 1. The Balaban J connectivity index is 1.42. The van der Waals surface area contributed by atoms with Gasteiger partial charge in [0.15, 0.2) is 0 Å². The number of rotatable bonds is 5. The summed E-state index contributed by atoms with van der Waals surface area (Å²) in [5.74, 6) is 0.0203. The van der Waals surface area contributed by atoms with Crippen molar-refractivity contribution in [3.63, 3.8) is 0 Å². The van der Waals surface area contributed by atoms with Crippen molar-refractivity contribution in [1.29, 1.82) is 0 Å². The number of nitrogens with zero attached hydrogens (tertiary/aromatic N) is 3. The number of carbonyl (C=O) groups is 2. The van der Waals surface area contributed by atoms with Gasteiger partial charge in [0.2, 0.25) is 5.91 Å². The van der Waals surface area contributed by atoms with Crippen LogP contribution in [0, 0.1) is 5.92 Å². The van der Waals surface area contributed by atoms with E-state index in [1.165, 1.54) is 28.6 Å². The van der Waals surface area contributed by atoms with Gasteiger partial charge in [-0.15, -0.1) is 11.3 Å². The van der Waals surface area contributed by atoms with Crippen molar-refractivity contribution >= 4 is 45.2 Å². The first-order chi connectivity index (χ1) is 13.2. The summed E-state index contributed by atoms with van der Waals surface area (Å²) in [6.45, 7) is 3.37. The Morgan fingerprint density at radius 1 is 1.33 bits per heavy atom.